The summed E-state index contributed by atoms with van der Waals surface area (Å²) in [6, 6.07) is 9.66. The van der Waals surface area contributed by atoms with E-state index < -0.39 is 5.97 Å². The van der Waals surface area contributed by atoms with Crippen LogP contribution in [0.3, 0.4) is 0 Å². The number of likely N-dealkylation sites (N-methyl/N-ethyl adjacent to an activating group) is 1. The lowest BCUT2D eigenvalue weighted by Gasteiger charge is -2.23. The van der Waals surface area contributed by atoms with Gasteiger partial charge in [-0.15, -0.1) is 0 Å². The van der Waals surface area contributed by atoms with Crippen molar-refractivity contribution in [1.82, 2.24) is 5.32 Å². The number of hydrogen-bond acceptors (Lipinski definition) is 3. The van der Waals surface area contributed by atoms with Gasteiger partial charge in [-0.25, -0.2) is 4.79 Å². The highest BCUT2D eigenvalue weighted by Crippen LogP contribution is 2.20. The van der Waals surface area contributed by atoms with Gasteiger partial charge < -0.3 is 15.2 Å². The van der Waals surface area contributed by atoms with Crippen molar-refractivity contribution in [2.45, 2.75) is 19.1 Å². The summed E-state index contributed by atoms with van der Waals surface area (Å²) in [5, 5.41) is 11.7. The van der Waals surface area contributed by atoms with E-state index in [1.165, 1.54) is 0 Å². The fourth-order valence-electron chi connectivity index (χ4n) is 1.48. The molecule has 16 heavy (non-hydrogen) atoms. The molecule has 1 aromatic rings. The van der Waals surface area contributed by atoms with Gasteiger partial charge >= 0.3 is 5.97 Å². The molecular weight excluding hydrogens is 206 g/mol. The number of carboxylic acid groups (broad SMARTS) is 1. The summed E-state index contributed by atoms with van der Waals surface area (Å²) >= 11 is 0. The van der Waals surface area contributed by atoms with E-state index in [1.54, 1.807) is 0 Å². The van der Waals surface area contributed by atoms with E-state index in [9.17, 15) is 4.79 Å². The van der Waals surface area contributed by atoms with Crippen LogP contribution in [0.1, 0.15) is 18.6 Å². The van der Waals surface area contributed by atoms with E-state index in [0.29, 0.717) is 0 Å². The highest BCUT2D eigenvalue weighted by atomic mass is 16.5. The Morgan fingerprint density at radius 2 is 2.06 bits per heavy atom. The van der Waals surface area contributed by atoms with Crippen LogP contribution in [0.2, 0.25) is 0 Å². The van der Waals surface area contributed by atoms with Crippen LogP contribution in [0.25, 0.3) is 0 Å². The largest absolute Gasteiger partial charge is 0.480 e. The Hall–Kier alpha value is -1.39. The molecule has 0 heterocycles. The van der Waals surface area contributed by atoms with Crippen molar-refractivity contribution in [3.05, 3.63) is 35.9 Å². The first-order chi connectivity index (χ1) is 7.65. The molecule has 1 rings (SSSR count). The Morgan fingerprint density at radius 1 is 1.44 bits per heavy atom. The van der Waals surface area contributed by atoms with Gasteiger partial charge in [-0.2, -0.15) is 0 Å². The first-order valence-corrected chi connectivity index (χ1v) is 5.20. The van der Waals surface area contributed by atoms with Crippen molar-refractivity contribution in [3.8, 4) is 0 Å². The monoisotopic (exact) mass is 223 g/mol. The van der Waals surface area contributed by atoms with Gasteiger partial charge in [-0.05, 0) is 19.5 Å². The summed E-state index contributed by atoms with van der Waals surface area (Å²) in [5.41, 5.74) is 0.977. The normalized spacial score (nSPS) is 14.4. The molecule has 2 atom stereocenters. The van der Waals surface area contributed by atoms with Crippen molar-refractivity contribution < 1.29 is 14.6 Å². The summed E-state index contributed by atoms with van der Waals surface area (Å²) in [7, 11) is 1.82. The summed E-state index contributed by atoms with van der Waals surface area (Å²) < 4.78 is 5.38. The van der Waals surface area contributed by atoms with Gasteiger partial charge in [-0.1, -0.05) is 30.3 Å². The highest BCUT2D eigenvalue weighted by molar-refractivity contribution is 5.68. The molecule has 0 fully saturated rings. The second kappa shape index (κ2) is 6.25. The first-order valence-electron chi connectivity index (χ1n) is 5.20. The zero-order valence-corrected chi connectivity index (χ0v) is 9.51. The lowest BCUT2D eigenvalue weighted by molar-refractivity contribution is -0.145. The summed E-state index contributed by atoms with van der Waals surface area (Å²) in [6.07, 6.45) is -0.248. The first kappa shape index (κ1) is 12.7. The van der Waals surface area contributed by atoms with E-state index in [4.69, 9.17) is 9.84 Å². The van der Waals surface area contributed by atoms with Crippen LogP contribution in [0.4, 0.5) is 0 Å². The van der Waals surface area contributed by atoms with Gasteiger partial charge in [0.25, 0.3) is 0 Å². The van der Waals surface area contributed by atoms with Crippen LogP contribution in [0.5, 0.6) is 0 Å². The highest BCUT2D eigenvalue weighted by Gasteiger charge is 2.19. The molecule has 0 aromatic heterocycles. The topological polar surface area (TPSA) is 58.6 Å². The maximum absolute atomic E-state index is 10.5. The summed E-state index contributed by atoms with van der Waals surface area (Å²) in [5.74, 6) is -0.954. The van der Waals surface area contributed by atoms with Crippen molar-refractivity contribution in [3.63, 3.8) is 0 Å². The Bertz CT molecular complexity index is 326. The predicted octanol–water partition coefficient (Wildman–Crippen LogP) is 1.44. The second-order valence-corrected chi connectivity index (χ2v) is 3.61. The molecule has 2 N–H and O–H groups in total. The quantitative estimate of drug-likeness (QED) is 0.766. The number of aliphatic carboxylic acids is 1. The number of benzene rings is 1. The third kappa shape index (κ3) is 3.64. The van der Waals surface area contributed by atoms with Crippen LogP contribution < -0.4 is 5.32 Å². The minimum Gasteiger partial charge on any atom is -0.480 e. The molecule has 2 unspecified atom stereocenters. The molecule has 0 radical (unpaired) electrons. The van der Waals surface area contributed by atoms with Crippen molar-refractivity contribution in [2.24, 2.45) is 0 Å². The smallest absolute Gasteiger partial charge is 0.329 e. The maximum atomic E-state index is 10.5. The lowest BCUT2D eigenvalue weighted by atomic mass is 10.0. The van der Waals surface area contributed by atoms with Gasteiger partial charge in [0.15, 0.2) is 0 Å². The Labute approximate surface area is 95.2 Å². The van der Waals surface area contributed by atoms with E-state index in [2.05, 4.69) is 5.32 Å². The van der Waals surface area contributed by atoms with E-state index in [1.807, 2.05) is 44.3 Å². The number of ether oxygens (including phenoxy) is 1. The van der Waals surface area contributed by atoms with Crippen molar-refractivity contribution >= 4 is 5.97 Å². The molecule has 0 aliphatic heterocycles. The van der Waals surface area contributed by atoms with Crippen LogP contribution in [0.15, 0.2) is 30.3 Å². The minimum atomic E-state index is -0.954. The average molecular weight is 223 g/mol. The number of hydrogen-bond donors (Lipinski definition) is 2. The van der Waals surface area contributed by atoms with Crippen molar-refractivity contribution in [1.29, 1.82) is 0 Å². The van der Waals surface area contributed by atoms with Crippen LogP contribution in [-0.2, 0) is 9.53 Å². The van der Waals surface area contributed by atoms with Gasteiger partial charge in [0.05, 0.1) is 6.10 Å². The molecule has 0 aliphatic carbocycles. The number of rotatable bonds is 6. The lowest BCUT2D eigenvalue weighted by Crippen LogP contribution is -2.31. The molecular formula is C12H17NO3. The SMILES string of the molecule is CNC(C)C(OCC(=O)O)c1ccccc1. The summed E-state index contributed by atoms with van der Waals surface area (Å²) in [6.45, 7) is 1.67. The maximum Gasteiger partial charge on any atom is 0.329 e. The molecule has 0 saturated heterocycles. The fourth-order valence-corrected chi connectivity index (χ4v) is 1.48. The van der Waals surface area contributed by atoms with E-state index >= 15 is 0 Å². The molecule has 1 aromatic carbocycles. The van der Waals surface area contributed by atoms with Gasteiger partial charge in [0, 0.05) is 6.04 Å². The molecule has 4 nitrogen and oxygen atoms in total. The molecule has 0 spiro atoms. The second-order valence-electron chi connectivity index (χ2n) is 3.61. The molecule has 4 heteroatoms. The predicted molar refractivity (Wildman–Crippen MR) is 61.3 cm³/mol. The molecule has 0 bridgehead atoms. The third-order valence-electron chi connectivity index (χ3n) is 2.42. The average Bonchev–Trinajstić information content (AvgIpc) is 2.30. The zero-order valence-electron chi connectivity index (χ0n) is 9.51. The number of nitrogens with one attached hydrogen (secondary N) is 1. The van der Waals surface area contributed by atoms with Gasteiger partial charge in [0.1, 0.15) is 6.61 Å². The van der Waals surface area contributed by atoms with Gasteiger partial charge in [0.2, 0.25) is 0 Å². The minimum absolute atomic E-state index is 0.0572. The third-order valence-corrected chi connectivity index (χ3v) is 2.42. The Balaban J connectivity index is 2.75. The fraction of sp³-hybridized carbons (Fsp3) is 0.417. The summed E-state index contributed by atoms with van der Waals surface area (Å²) in [4.78, 5) is 10.5. The molecule has 0 amide bonds. The number of carboxylic acids is 1. The van der Waals surface area contributed by atoms with E-state index in [-0.39, 0.29) is 18.8 Å². The molecule has 88 valence electrons. The standard InChI is InChI=1S/C12H17NO3/c1-9(13-2)12(16-8-11(14)15)10-6-4-3-5-7-10/h3-7,9,12-13H,8H2,1-2H3,(H,14,15). The Kier molecular flexibility index (Phi) is 4.95. The van der Waals surface area contributed by atoms with Crippen LogP contribution in [-0.4, -0.2) is 30.8 Å². The zero-order chi connectivity index (χ0) is 12.0. The molecule has 0 aliphatic rings. The van der Waals surface area contributed by atoms with Crippen LogP contribution >= 0.6 is 0 Å². The molecule has 0 saturated carbocycles. The number of carbonyl (C=O) groups is 1. The van der Waals surface area contributed by atoms with Gasteiger partial charge in [-0.3, -0.25) is 0 Å². The van der Waals surface area contributed by atoms with Crippen LogP contribution in [0, 0.1) is 0 Å². The van der Waals surface area contributed by atoms with E-state index in [0.717, 1.165) is 5.56 Å². The van der Waals surface area contributed by atoms with Crippen molar-refractivity contribution in [2.75, 3.05) is 13.7 Å². The Morgan fingerprint density at radius 3 is 2.56 bits per heavy atom.